The average Bonchev–Trinajstić information content (AvgIpc) is 3.09. The van der Waals surface area contributed by atoms with E-state index in [1.807, 2.05) is 51.1 Å². The van der Waals surface area contributed by atoms with Crippen LogP contribution in [0.3, 0.4) is 0 Å². The number of hydrogen-bond acceptors (Lipinski definition) is 5. The van der Waals surface area contributed by atoms with E-state index < -0.39 is 11.8 Å². The molecule has 3 aromatic rings. The zero-order chi connectivity index (χ0) is 24.6. The molecule has 1 saturated heterocycles. The highest BCUT2D eigenvalue weighted by Crippen LogP contribution is 2.35. The molecule has 2 heterocycles. The molecule has 1 N–H and O–H groups in total. The van der Waals surface area contributed by atoms with E-state index in [0.29, 0.717) is 17.2 Å². The lowest BCUT2D eigenvalue weighted by Gasteiger charge is -2.30. The van der Waals surface area contributed by atoms with Gasteiger partial charge in [-0.05, 0) is 75.0 Å². The van der Waals surface area contributed by atoms with Crippen molar-refractivity contribution >= 4 is 40.9 Å². The first-order chi connectivity index (χ1) is 16.2. The molecule has 1 fully saturated rings. The number of carbonyl (C=O) groups is 2. The minimum atomic E-state index is -0.548. The van der Waals surface area contributed by atoms with Gasteiger partial charge in [-0.3, -0.25) is 14.9 Å². The fourth-order valence-corrected chi connectivity index (χ4v) is 4.30. The van der Waals surface area contributed by atoms with Gasteiger partial charge >= 0.3 is 0 Å². The smallest absolute Gasteiger partial charge is 0.270 e. The first-order valence-electron chi connectivity index (χ1n) is 10.6. The van der Waals surface area contributed by atoms with Crippen LogP contribution in [0.5, 0.6) is 11.5 Å². The van der Waals surface area contributed by atoms with Crippen LogP contribution in [0, 0.1) is 20.8 Å². The van der Waals surface area contributed by atoms with Crippen LogP contribution in [-0.4, -0.2) is 35.7 Å². The number of nitrogens with one attached hydrogen (secondary N) is 1. The van der Waals surface area contributed by atoms with Crippen molar-refractivity contribution in [3.8, 4) is 17.2 Å². The fraction of sp³-hybridized carbons (Fsp3) is 0.192. The third-order valence-corrected chi connectivity index (χ3v) is 6.08. The molecule has 0 radical (unpaired) electrons. The van der Waals surface area contributed by atoms with E-state index in [2.05, 4.69) is 9.88 Å². The van der Waals surface area contributed by atoms with Gasteiger partial charge in [0.2, 0.25) is 0 Å². The zero-order valence-electron chi connectivity index (χ0n) is 19.6. The van der Waals surface area contributed by atoms with Crippen LogP contribution in [0.2, 0.25) is 0 Å². The summed E-state index contributed by atoms with van der Waals surface area (Å²) in [6.45, 7) is 5.98. The number of methoxy groups -OCH3 is 2. The van der Waals surface area contributed by atoms with Gasteiger partial charge in [-0.25, -0.2) is 4.90 Å². The second-order valence-electron chi connectivity index (χ2n) is 7.99. The molecular weight excluding hydrogens is 450 g/mol. The van der Waals surface area contributed by atoms with E-state index in [1.165, 1.54) is 24.7 Å². The van der Waals surface area contributed by atoms with Gasteiger partial charge in [0.05, 0.1) is 19.9 Å². The molecule has 2 aromatic carbocycles. The van der Waals surface area contributed by atoms with Gasteiger partial charge in [-0.15, -0.1) is 0 Å². The van der Waals surface area contributed by atoms with E-state index in [9.17, 15) is 9.59 Å². The Kier molecular flexibility index (Phi) is 6.26. The highest BCUT2D eigenvalue weighted by molar-refractivity contribution is 7.80. The molecule has 34 heavy (non-hydrogen) atoms. The van der Waals surface area contributed by atoms with Crippen molar-refractivity contribution in [2.45, 2.75) is 20.8 Å². The Morgan fingerprint density at radius 1 is 0.941 bits per heavy atom. The molecule has 0 aliphatic carbocycles. The lowest BCUT2D eigenvalue weighted by Crippen LogP contribution is -2.54. The number of aryl methyl sites for hydroxylation is 2. The second-order valence-corrected chi connectivity index (χ2v) is 8.38. The van der Waals surface area contributed by atoms with Crippen molar-refractivity contribution < 1.29 is 19.1 Å². The predicted molar refractivity (Wildman–Crippen MR) is 136 cm³/mol. The van der Waals surface area contributed by atoms with Crippen molar-refractivity contribution in [3.63, 3.8) is 0 Å². The van der Waals surface area contributed by atoms with Crippen molar-refractivity contribution in [2.24, 2.45) is 0 Å². The SMILES string of the molecule is COc1ccc(OC)c(N2C(=O)C(=Cc3cc(C)n(-c4ccc(C)cc4)c3C)C(=O)NC2=S)c1. The lowest BCUT2D eigenvalue weighted by molar-refractivity contribution is -0.122. The Labute approximate surface area is 203 Å². The van der Waals surface area contributed by atoms with Gasteiger partial charge in [0.25, 0.3) is 11.8 Å². The van der Waals surface area contributed by atoms with E-state index >= 15 is 0 Å². The van der Waals surface area contributed by atoms with Gasteiger partial charge in [-0.2, -0.15) is 0 Å². The standard InChI is InChI=1S/C26H25N3O4S/c1-15-6-8-19(9-7-15)28-16(2)12-18(17(28)3)13-21-24(30)27-26(34)29(25(21)31)22-14-20(32-4)10-11-23(22)33-5/h6-14H,1-5H3,(H,27,30,34). The van der Waals surface area contributed by atoms with Gasteiger partial charge in [0.15, 0.2) is 5.11 Å². The minimum Gasteiger partial charge on any atom is -0.497 e. The summed E-state index contributed by atoms with van der Waals surface area (Å²) in [5.41, 5.74) is 5.19. The monoisotopic (exact) mass is 475 g/mol. The van der Waals surface area contributed by atoms with Gasteiger partial charge in [-0.1, -0.05) is 17.7 Å². The molecule has 8 heteroatoms. The van der Waals surface area contributed by atoms with Crippen molar-refractivity contribution in [1.29, 1.82) is 0 Å². The van der Waals surface area contributed by atoms with Crippen molar-refractivity contribution in [1.82, 2.24) is 9.88 Å². The van der Waals surface area contributed by atoms with Crippen LogP contribution in [0.15, 0.2) is 54.1 Å². The van der Waals surface area contributed by atoms with Crippen LogP contribution < -0.4 is 19.7 Å². The number of nitrogens with zero attached hydrogens (tertiary/aromatic N) is 2. The first kappa shape index (κ1) is 23.3. The Bertz CT molecular complexity index is 1340. The summed E-state index contributed by atoms with van der Waals surface area (Å²) >= 11 is 5.34. The fourth-order valence-electron chi connectivity index (χ4n) is 4.03. The average molecular weight is 476 g/mol. The third-order valence-electron chi connectivity index (χ3n) is 5.79. The van der Waals surface area contributed by atoms with Gasteiger partial charge in [0, 0.05) is 23.1 Å². The Morgan fingerprint density at radius 3 is 2.29 bits per heavy atom. The lowest BCUT2D eigenvalue weighted by atomic mass is 10.1. The number of amides is 2. The molecule has 0 spiro atoms. The predicted octanol–water partition coefficient (Wildman–Crippen LogP) is 4.25. The Morgan fingerprint density at radius 2 is 1.65 bits per heavy atom. The van der Waals surface area contributed by atoms with Crippen LogP contribution in [0.4, 0.5) is 5.69 Å². The van der Waals surface area contributed by atoms with E-state index in [4.69, 9.17) is 21.7 Å². The number of ether oxygens (including phenoxy) is 2. The normalized spacial score (nSPS) is 15.0. The minimum absolute atomic E-state index is 0.0242. The highest BCUT2D eigenvalue weighted by atomic mass is 32.1. The summed E-state index contributed by atoms with van der Waals surface area (Å²) in [7, 11) is 3.02. The summed E-state index contributed by atoms with van der Waals surface area (Å²) in [6, 6.07) is 15.2. The number of aromatic nitrogens is 1. The van der Waals surface area contributed by atoms with Gasteiger partial charge in [0.1, 0.15) is 17.1 Å². The maximum absolute atomic E-state index is 13.5. The number of anilines is 1. The van der Waals surface area contributed by atoms with Crippen LogP contribution in [-0.2, 0) is 9.59 Å². The summed E-state index contributed by atoms with van der Waals surface area (Å²) in [6.07, 6.45) is 1.60. The molecule has 2 amide bonds. The second kappa shape index (κ2) is 9.15. The Balaban J connectivity index is 1.78. The molecule has 1 aromatic heterocycles. The number of thiocarbonyl (C=S) groups is 1. The molecule has 0 unspecified atom stereocenters. The topological polar surface area (TPSA) is 72.8 Å². The van der Waals surface area contributed by atoms with E-state index in [0.717, 1.165) is 22.6 Å². The maximum atomic E-state index is 13.5. The Hall–Kier alpha value is -3.91. The summed E-state index contributed by atoms with van der Waals surface area (Å²) in [5.74, 6) is -0.145. The molecule has 0 saturated carbocycles. The molecule has 1 aliphatic heterocycles. The van der Waals surface area contributed by atoms with Crippen molar-refractivity contribution in [2.75, 3.05) is 19.1 Å². The number of hydrogen-bond donors (Lipinski definition) is 1. The van der Waals surface area contributed by atoms with Crippen molar-refractivity contribution in [3.05, 3.63) is 76.6 Å². The summed E-state index contributed by atoms with van der Waals surface area (Å²) in [5, 5.41) is 2.60. The highest BCUT2D eigenvalue weighted by Gasteiger charge is 2.36. The third kappa shape index (κ3) is 4.08. The van der Waals surface area contributed by atoms with E-state index in [1.54, 1.807) is 24.3 Å². The van der Waals surface area contributed by atoms with Gasteiger partial charge < -0.3 is 14.0 Å². The molecule has 1 aliphatic rings. The molecule has 4 rings (SSSR count). The summed E-state index contributed by atoms with van der Waals surface area (Å²) < 4.78 is 12.8. The number of carbonyl (C=O) groups excluding carboxylic acids is 2. The largest absolute Gasteiger partial charge is 0.497 e. The molecule has 0 atom stereocenters. The summed E-state index contributed by atoms with van der Waals surface area (Å²) in [4.78, 5) is 27.6. The van der Waals surface area contributed by atoms with Crippen LogP contribution in [0.25, 0.3) is 11.8 Å². The van der Waals surface area contributed by atoms with Crippen LogP contribution in [0.1, 0.15) is 22.5 Å². The molecule has 0 bridgehead atoms. The molecule has 174 valence electrons. The number of benzene rings is 2. The first-order valence-corrected chi connectivity index (χ1v) is 11.1. The zero-order valence-corrected chi connectivity index (χ0v) is 20.4. The number of rotatable bonds is 5. The molecular formula is C26H25N3O4S. The molecule has 7 nitrogen and oxygen atoms in total. The van der Waals surface area contributed by atoms with Crippen LogP contribution >= 0.6 is 12.2 Å². The maximum Gasteiger partial charge on any atom is 0.270 e. The van der Waals surface area contributed by atoms with E-state index in [-0.39, 0.29) is 10.7 Å². The quantitative estimate of drug-likeness (QED) is 0.339.